The summed E-state index contributed by atoms with van der Waals surface area (Å²) in [4.78, 5) is 25.5. The van der Waals surface area contributed by atoms with E-state index in [2.05, 4.69) is 18.4 Å². The SMILES string of the molecule is CSc1ccccc1Cc1ccc(C(=O)CC(=O)C(C)(C)C)cc1. The van der Waals surface area contributed by atoms with Gasteiger partial charge in [0, 0.05) is 15.9 Å². The molecule has 0 unspecified atom stereocenters. The average Bonchev–Trinajstić information content (AvgIpc) is 2.55. The zero-order valence-electron chi connectivity index (χ0n) is 14.8. The number of thioether (sulfide) groups is 1. The van der Waals surface area contributed by atoms with Gasteiger partial charge in [-0.15, -0.1) is 11.8 Å². The molecule has 126 valence electrons. The molecule has 2 aromatic rings. The van der Waals surface area contributed by atoms with E-state index in [1.807, 2.05) is 57.2 Å². The lowest BCUT2D eigenvalue weighted by atomic mass is 9.87. The van der Waals surface area contributed by atoms with Crippen LogP contribution in [0.4, 0.5) is 0 Å². The molecule has 0 fully saturated rings. The van der Waals surface area contributed by atoms with Gasteiger partial charge >= 0.3 is 0 Å². The van der Waals surface area contributed by atoms with Crippen LogP contribution in [0.15, 0.2) is 53.4 Å². The molecule has 0 heterocycles. The molecule has 0 aliphatic rings. The van der Waals surface area contributed by atoms with Crippen molar-refractivity contribution >= 4 is 23.3 Å². The minimum atomic E-state index is -0.475. The van der Waals surface area contributed by atoms with Gasteiger partial charge < -0.3 is 0 Å². The number of hydrogen-bond donors (Lipinski definition) is 0. The number of benzene rings is 2. The second-order valence-corrected chi connectivity index (χ2v) is 7.81. The van der Waals surface area contributed by atoms with Gasteiger partial charge in [-0.2, -0.15) is 0 Å². The summed E-state index contributed by atoms with van der Waals surface area (Å²) < 4.78 is 0. The Balaban J connectivity index is 2.08. The smallest absolute Gasteiger partial charge is 0.170 e. The summed E-state index contributed by atoms with van der Waals surface area (Å²) in [6.45, 7) is 5.53. The first kappa shape index (κ1) is 18.5. The molecular weight excluding hydrogens is 316 g/mol. The fourth-order valence-electron chi connectivity index (χ4n) is 2.39. The number of hydrogen-bond acceptors (Lipinski definition) is 3. The highest BCUT2D eigenvalue weighted by atomic mass is 32.2. The van der Waals surface area contributed by atoms with E-state index in [1.54, 1.807) is 11.8 Å². The van der Waals surface area contributed by atoms with E-state index < -0.39 is 5.41 Å². The molecule has 0 aromatic heterocycles. The molecule has 0 spiro atoms. The zero-order valence-corrected chi connectivity index (χ0v) is 15.6. The standard InChI is InChI=1S/C21H24O2S/c1-21(2,3)20(23)14-18(22)16-11-9-15(10-12-16)13-17-7-5-6-8-19(17)24-4/h5-12H,13-14H2,1-4H3. The number of carbonyl (C=O) groups excluding carboxylic acids is 2. The summed E-state index contributed by atoms with van der Waals surface area (Å²) in [7, 11) is 0. The topological polar surface area (TPSA) is 34.1 Å². The van der Waals surface area contributed by atoms with Gasteiger partial charge in [0.2, 0.25) is 0 Å². The lowest BCUT2D eigenvalue weighted by Gasteiger charge is -2.15. The summed E-state index contributed by atoms with van der Waals surface area (Å²) in [5.74, 6) is -0.128. The minimum absolute atomic E-state index is 0.0227. The zero-order chi connectivity index (χ0) is 17.7. The molecule has 2 nitrogen and oxygen atoms in total. The van der Waals surface area contributed by atoms with Gasteiger partial charge in [0.15, 0.2) is 5.78 Å². The summed E-state index contributed by atoms with van der Waals surface area (Å²) in [5, 5.41) is 0. The van der Waals surface area contributed by atoms with Crippen LogP contribution in [0.2, 0.25) is 0 Å². The summed E-state index contributed by atoms with van der Waals surface area (Å²) >= 11 is 1.74. The van der Waals surface area contributed by atoms with E-state index in [0.717, 1.165) is 12.0 Å². The Morgan fingerprint density at radius 3 is 2.17 bits per heavy atom. The van der Waals surface area contributed by atoms with Crippen LogP contribution in [-0.4, -0.2) is 17.8 Å². The van der Waals surface area contributed by atoms with Crippen LogP contribution >= 0.6 is 11.8 Å². The van der Waals surface area contributed by atoms with Crippen LogP contribution in [0.3, 0.4) is 0 Å². The van der Waals surface area contributed by atoms with Crippen molar-refractivity contribution < 1.29 is 9.59 Å². The van der Waals surface area contributed by atoms with Crippen molar-refractivity contribution in [2.45, 2.75) is 38.5 Å². The van der Waals surface area contributed by atoms with E-state index in [0.29, 0.717) is 5.56 Å². The molecule has 0 aliphatic heterocycles. The highest BCUT2D eigenvalue weighted by molar-refractivity contribution is 7.98. The maximum atomic E-state index is 12.2. The Morgan fingerprint density at radius 1 is 0.958 bits per heavy atom. The first-order chi connectivity index (χ1) is 11.3. The molecule has 0 saturated heterocycles. The van der Waals surface area contributed by atoms with Crippen LogP contribution in [0.25, 0.3) is 0 Å². The molecule has 24 heavy (non-hydrogen) atoms. The number of ketones is 2. The molecule has 0 bridgehead atoms. The summed E-state index contributed by atoms with van der Waals surface area (Å²) in [6.07, 6.45) is 2.89. The molecule has 3 heteroatoms. The maximum absolute atomic E-state index is 12.2. The fourth-order valence-corrected chi connectivity index (χ4v) is 3.01. The molecule has 0 radical (unpaired) electrons. The highest BCUT2D eigenvalue weighted by Crippen LogP contribution is 2.23. The maximum Gasteiger partial charge on any atom is 0.170 e. The monoisotopic (exact) mass is 340 g/mol. The van der Waals surface area contributed by atoms with Gasteiger partial charge in [-0.1, -0.05) is 63.2 Å². The van der Waals surface area contributed by atoms with E-state index in [-0.39, 0.29) is 18.0 Å². The lowest BCUT2D eigenvalue weighted by molar-refractivity contribution is -0.125. The van der Waals surface area contributed by atoms with Crippen molar-refractivity contribution in [1.82, 2.24) is 0 Å². The Kier molecular flexibility index (Phi) is 6.00. The third kappa shape index (κ3) is 4.81. The molecule has 0 atom stereocenters. The van der Waals surface area contributed by atoms with Crippen LogP contribution < -0.4 is 0 Å². The Morgan fingerprint density at radius 2 is 1.58 bits per heavy atom. The van der Waals surface area contributed by atoms with E-state index in [1.165, 1.54) is 10.5 Å². The second kappa shape index (κ2) is 7.80. The van der Waals surface area contributed by atoms with E-state index in [9.17, 15) is 9.59 Å². The second-order valence-electron chi connectivity index (χ2n) is 6.96. The Bertz CT molecular complexity index is 724. The van der Waals surface area contributed by atoms with Crippen LogP contribution in [-0.2, 0) is 11.2 Å². The first-order valence-electron chi connectivity index (χ1n) is 8.08. The molecule has 0 N–H and O–H groups in total. The number of rotatable bonds is 6. The molecular formula is C21H24O2S. The van der Waals surface area contributed by atoms with Gasteiger partial charge in [-0.25, -0.2) is 0 Å². The van der Waals surface area contributed by atoms with Crippen molar-refractivity contribution in [2.75, 3.05) is 6.26 Å². The van der Waals surface area contributed by atoms with Crippen LogP contribution in [0.5, 0.6) is 0 Å². The van der Waals surface area contributed by atoms with Gasteiger partial charge in [-0.3, -0.25) is 9.59 Å². The fraction of sp³-hybridized carbons (Fsp3) is 0.333. The predicted octanol–water partition coefficient (Wildman–Crippen LogP) is 5.19. The molecule has 0 aliphatic carbocycles. The Hall–Kier alpha value is -1.87. The number of carbonyl (C=O) groups is 2. The predicted molar refractivity (Wildman–Crippen MR) is 101 cm³/mol. The average molecular weight is 340 g/mol. The Labute approximate surface area is 148 Å². The molecule has 0 saturated carbocycles. The molecule has 2 aromatic carbocycles. The first-order valence-corrected chi connectivity index (χ1v) is 9.31. The summed E-state index contributed by atoms with van der Waals surface area (Å²) in [5.41, 5.74) is 2.58. The number of Topliss-reactive ketones (excluding diaryl/α,β-unsaturated/α-hetero) is 2. The third-order valence-electron chi connectivity index (χ3n) is 4.02. The van der Waals surface area contributed by atoms with Gasteiger partial charge in [0.1, 0.15) is 5.78 Å². The van der Waals surface area contributed by atoms with Crippen molar-refractivity contribution in [3.8, 4) is 0 Å². The minimum Gasteiger partial charge on any atom is -0.299 e. The van der Waals surface area contributed by atoms with Gasteiger partial charge in [0.25, 0.3) is 0 Å². The van der Waals surface area contributed by atoms with Gasteiger partial charge in [-0.05, 0) is 29.9 Å². The van der Waals surface area contributed by atoms with Crippen molar-refractivity contribution in [2.24, 2.45) is 5.41 Å². The van der Waals surface area contributed by atoms with Crippen LogP contribution in [0.1, 0.15) is 48.7 Å². The van der Waals surface area contributed by atoms with E-state index >= 15 is 0 Å². The lowest BCUT2D eigenvalue weighted by Crippen LogP contribution is -2.23. The largest absolute Gasteiger partial charge is 0.299 e. The third-order valence-corrected chi connectivity index (χ3v) is 4.86. The molecule has 2 rings (SSSR count). The highest BCUT2D eigenvalue weighted by Gasteiger charge is 2.24. The van der Waals surface area contributed by atoms with Crippen molar-refractivity contribution in [3.05, 3.63) is 65.2 Å². The quantitative estimate of drug-likeness (QED) is 0.412. The summed E-state index contributed by atoms with van der Waals surface area (Å²) in [6, 6.07) is 16.0. The van der Waals surface area contributed by atoms with Crippen LogP contribution in [0, 0.1) is 5.41 Å². The van der Waals surface area contributed by atoms with Crippen molar-refractivity contribution in [3.63, 3.8) is 0 Å². The molecule has 0 amide bonds. The normalized spacial score (nSPS) is 11.3. The van der Waals surface area contributed by atoms with Crippen molar-refractivity contribution in [1.29, 1.82) is 0 Å². The van der Waals surface area contributed by atoms with Gasteiger partial charge in [0.05, 0.1) is 6.42 Å². The van der Waals surface area contributed by atoms with E-state index in [4.69, 9.17) is 0 Å².